The highest BCUT2D eigenvalue weighted by Gasteiger charge is 2.45. The van der Waals surface area contributed by atoms with Crippen molar-refractivity contribution in [3.8, 4) is 0 Å². The molecule has 0 aromatic heterocycles. The van der Waals surface area contributed by atoms with E-state index in [9.17, 15) is 13.2 Å². The van der Waals surface area contributed by atoms with Crippen molar-refractivity contribution in [2.45, 2.75) is 37.4 Å². The van der Waals surface area contributed by atoms with Crippen LogP contribution < -0.4 is 11.5 Å². The summed E-state index contributed by atoms with van der Waals surface area (Å²) in [5, 5.41) is 0. The van der Waals surface area contributed by atoms with Crippen molar-refractivity contribution in [3.05, 3.63) is 0 Å². The van der Waals surface area contributed by atoms with Gasteiger partial charge in [0.05, 0.1) is 5.92 Å². The van der Waals surface area contributed by atoms with Crippen molar-refractivity contribution in [2.24, 2.45) is 17.4 Å². The second-order valence-electron chi connectivity index (χ2n) is 3.90. The van der Waals surface area contributed by atoms with Crippen LogP contribution in [0.5, 0.6) is 0 Å². The van der Waals surface area contributed by atoms with Crippen molar-refractivity contribution in [1.82, 2.24) is 0 Å². The molecule has 4 N–H and O–H groups in total. The third-order valence-electron chi connectivity index (χ3n) is 2.75. The fraction of sp³-hybridized carbons (Fsp3) is 1.00. The largest absolute Gasteiger partial charge is 0.391 e. The summed E-state index contributed by atoms with van der Waals surface area (Å²) in [6.45, 7) is 0.138. The summed E-state index contributed by atoms with van der Waals surface area (Å²) >= 11 is 0. The van der Waals surface area contributed by atoms with Crippen LogP contribution in [0.3, 0.4) is 0 Å². The van der Waals surface area contributed by atoms with Gasteiger partial charge in [0.1, 0.15) is 0 Å². The van der Waals surface area contributed by atoms with E-state index in [1.807, 2.05) is 0 Å². The van der Waals surface area contributed by atoms with Gasteiger partial charge in [-0.2, -0.15) is 13.2 Å². The molecular formula is C8H15F3N2. The van der Waals surface area contributed by atoms with Gasteiger partial charge in [-0.05, 0) is 19.3 Å². The molecule has 13 heavy (non-hydrogen) atoms. The Hall–Kier alpha value is -0.290. The number of hydrogen-bond acceptors (Lipinski definition) is 2. The molecule has 2 nitrogen and oxygen atoms in total. The SMILES string of the molecule is NCC1(N)CCCC(C(F)(F)F)C1. The van der Waals surface area contributed by atoms with E-state index in [1.165, 1.54) is 0 Å². The van der Waals surface area contributed by atoms with Gasteiger partial charge in [-0.15, -0.1) is 0 Å². The monoisotopic (exact) mass is 196 g/mol. The zero-order valence-corrected chi connectivity index (χ0v) is 7.40. The van der Waals surface area contributed by atoms with Crippen LogP contribution in [0, 0.1) is 5.92 Å². The van der Waals surface area contributed by atoms with Gasteiger partial charge in [-0.3, -0.25) is 0 Å². The summed E-state index contributed by atoms with van der Waals surface area (Å²) in [7, 11) is 0. The Morgan fingerprint density at radius 2 is 2.00 bits per heavy atom. The smallest absolute Gasteiger partial charge is 0.329 e. The summed E-state index contributed by atoms with van der Waals surface area (Å²) in [5.74, 6) is -1.25. The predicted molar refractivity (Wildman–Crippen MR) is 44.0 cm³/mol. The molecule has 2 unspecified atom stereocenters. The van der Waals surface area contributed by atoms with Gasteiger partial charge in [-0.1, -0.05) is 6.42 Å². The van der Waals surface area contributed by atoms with Gasteiger partial charge in [0.15, 0.2) is 0 Å². The van der Waals surface area contributed by atoms with Crippen LogP contribution in [0.4, 0.5) is 13.2 Å². The molecule has 0 aliphatic heterocycles. The quantitative estimate of drug-likeness (QED) is 0.666. The van der Waals surface area contributed by atoms with Crippen LogP contribution in [0.2, 0.25) is 0 Å². The zero-order valence-electron chi connectivity index (χ0n) is 7.40. The molecular weight excluding hydrogens is 181 g/mol. The highest BCUT2D eigenvalue weighted by Crippen LogP contribution is 2.40. The lowest BCUT2D eigenvalue weighted by Crippen LogP contribution is -2.52. The minimum Gasteiger partial charge on any atom is -0.329 e. The zero-order chi connectivity index (χ0) is 10.1. The highest BCUT2D eigenvalue weighted by atomic mass is 19.4. The van der Waals surface area contributed by atoms with Gasteiger partial charge in [0.25, 0.3) is 0 Å². The molecule has 0 bridgehead atoms. The Morgan fingerprint density at radius 1 is 1.38 bits per heavy atom. The lowest BCUT2D eigenvalue weighted by Gasteiger charge is -2.37. The Labute approximate surface area is 75.5 Å². The molecule has 1 rings (SSSR count). The van der Waals surface area contributed by atoms with Crippen LogP contribution >= 0.6 is 0 Å². The van der Waals surface area contributed by atoms with Gasteiger partial charge in [0, 0.05) is 12.1 Å². The summed E-state index contributed by atoms with van der Waals surface area (Å²) in [4.78, 5) is 0. The molecule has 78 valence electrons. The molecule has 0 aromatic rings. The van der Waals surface area contributed by atoms with E-state index >= 15 is 0 Å². The molecule has 5 heteroatoms. The van der Waals surface area contributed by atoms with Gasteiger partial charge >= 0.3 is 6.18 Å². The molecule has 0 radical (unpaired) electrons. The number of alkyl halides is 3. The maximum Gasteiger partial charge on any atom is 0.391 e. The maximum atomic E-state index is 12.3. The third kappa shape index (κ3) is 2.57. The van der Waals surface area contributed by atoms with E-state index in [-0.39, 0.29) is 19.4 Å². The van der Waals surface area contributed by atoms with Gasteiger partial charge < -0.3 is 11.5 Å². The molecule has 1 saturated carbocycles. The first-order chi connectivity index (χ1) is 5.87. The van der Waals surface area contributed by atoms with Crippen LogP contribution in [0.25, 0.3) is 0 Å². The topological polar surface area (TPSA) is 52.0 Å². The average Bonchev–Trinajstić information content (AvgIpc) is 2.03. The van der Waals surface area contributed by atoms with Crippen molar-refractivity contribution in [1.29, 1.82) is 0 Å². The Bertz CT molecular complexity index is 181. The molecule has 0 heterocycles. The lowest BCUT2D eigenvalue weighted by molar-refractivity contribution is -0.186. The first kappa shape index (κ1) is 10.8. The van der Waals surface area contributed by atoms with E-state index < -0.39 is 17.6 Å². The van der Waals surface area contributed by atoms with E-state index in [4.69, 9.17) is 11.5 Å². The standard InChI is InChI=1S/C8H15F3N2/c9-8(10,11)6-2-1-3-7(13,4-6)5-12/h6H,1-5,12-13H2. The Kier molecular flexibility index (Phi) is 2.87. The van der Waals surface area contributed by atoms with Crippen molar-refractivity contribution >= 4 is 0 Å². The Morgan fingerprint density at radius 3 is 2.46 bits per heavy atom. The first-order valence-electron chi connectivity index (χ1n) is 4.43. The molecule has 1 aliphatic carbocycles. The number of rotatable bonds is 1. The number of hydrogen-bond donors (Lipinski definition) is 2. The number of nitrogens with two attached hydrogens (primary N) is 2. The molecule has 1 aliphatic rings. The summed E-state index contributed by atoms with van der Waals surface area (Å²) < 4.78 is 37.0. The van der Waals surface area contributed by atoms with Crippen molar-refractivity contribution in [3.63, 3.8) is 0 Å². The lowest BCUT2D eigenvalue weighted by atomic mass is 9.76. The predicted octanol–water partition coefficient (Wildman–Crippen LogP) is 1.40. The molecule has 2 atom stereocenters. The fourth-order valence-corrected chi connectivity index (χ4v) is 1.86. The van der Waals surface area contributed by atoms with Crippen LogP contribution in [-0.2, 0) is 0 Å². The summed E-state index contributed by atoms with van der Waals surface area (Å²) in [5.41, 5.74) is 10.3. The third-order valence-corrected chi connectivity index (χ3v) is 2.75. The first-order valence-corrected chi connectivity index (χ1v) is 4.43. The maximum absolute atomic E-state index is 12.3. The van der Waals surface area contributed by atoms with Crippen molar-refractivity contribution < 1.29 is 13.2 Å². The fourth-order valence-electron chi connectivity index (χ4n) is 1.86. The molecule has 1 fully saturated rings. The summed E-state index contributed by atoms with van der Waals surface area (Å²) in [6, 6.07) is 0. The number of halogens is 3. The van der Waals surface area contributed by atoms with E-state index in [0.717, 1.165) is 0 Å². The molecule has 0 spiro atoms. The van der Waals surface area contributed by atoms with E-state index in [2.05, 4.69) is 0 Å². The second kappa shape index (κ2) is 3.46. The van der Waals surface area contributed by atoms with Crippen LogP contribution in [0.15, 0.2) is 0 Å². The van der Waals surface area contributed by atoms with Crippen molar-refractivity contribution in [2.75, 3.05) is 6.54 Å². The minimum absolute atomic E-state index is 0.0208. The second-order valence-corrected chi connectivity index (χ2v) is 3.90. The molecule has 0 amide bonds. The normalized spacial score (nSPS) is 36.2. The van der Waals surface area contributed by atoms with Crippen LogP contribution in [-0.4, -0.2) is 18.3 Å². The average molecular weight is 196 g/mol. The van der Waals surface area contributed by atoms with E-state index in [1.54, 1.807) is 0 Å². The molecule has 0 aromatic carbocycles. The summed E-state index contributed by atoms with van der Waals surface area (Å²) in [6.07, 6.45) is -2.80. The van der Waals surface area contributed by atoms with Crippen LogP contribution in [0.1, 0.15) is 25.7 Å². The van der Waals surface area contributed by atoms with Gasteiger partial charge in [0.2, 0.25) is 0 Å². The highest BCUT2D eigenvalue weighted by molar-refractivity contribution is 4.93. The van der Waals surface area contributed by atoms with Gasteiger partial charge in [-0.25, -0.2) is 0 Å². The molecule has 0 saturated heterocycles. The van der Waals surface area contributed by atoms with E-state index in [0.29, 0.717) is 12.8 Å². The Balaban J connectivity index is 2.62. The minimum atomic E-state index is -4.11.